The van der Waals surface area contributed by atoms with E-state index >= 15 is 0 Å². The molecule has 1 saturated carbocycles. The predicted octanol–water partition coefficient (Wildman–Crippen LogP) is 0.897. The van der Waals surface area contributed by atoms with E-state index in [0.717, 1.165) is 18.7 Å². The maximum Gasteiger partial charge on any atom is 0.175 e. The lowest BCUT2D eigenvalue weighted by Crippen LogP contribution is -2.31. The molecule has 0 aromatic carbocycles. The Morgan fingerprint density at radius 2 is 2.20 bits per heavy atom. The van der Waals surface area contributed by atoms with Crippen molar-refractivity contribution in [2.45, 2.75) is 39.5 Å². The van der Waals surface area contributed by atoms with E-state index in [1.165, 1.54) is 12.8 Å². The third-order valence-corrected chi connectivity index (χ3v) is 3.54. The Morgan fingerprint density at radius 1 is 1.40 bits per heavy atom. The Morgan fingerprint density at radius 3 is 2.67 bits per heavy atom. The lowest BCUT2D eigenvalue weighted by Gasteiger charge is -2.28. The number of nitrogens with two attached hydrogens (primary N) is 1. The summed E-state index contributed by atoms with van der Waals surface area (Å²) in [5.74, 6) is 0.790. The van der Waals surface area contributed by atoms with Gasteiger partial charge in [-0.05, 0) is 36.6 Å². The fraction of sp³-hybridized carbons (Fsp3) is 0.900. The van der Waals surface area contributed by atoms with Crippen molar-refractivity contribution in [2.75, 3.05) is 6.54 Å². The number of aromatic nitrogens is 4. The first-order valence-electron chi connectivity index (χ1n) is 5.48. The van der Waals surface area contributed by atoms with Gasteiger partial charge in [0, 0.05) is 6.42 Å². The Labute approximate surface area is 89.8 Å². The summed E-state index contributed by atoms with van der Waals surface area (Å²) in [4.78, 5) is 0. The summed E-state index contributed by atoms with van der Waals surface area (Å²) in [6.07, 6.45) is 4.42. The molecule has 0 aliphatic heterocycles. The molecule has 1 heterocycles. The summed E-state index contributed by atoms with van der Waals surface area (Å²) < 4.78 is 0. The van der Waals surface area contributed by atoms with Gasteiger partial charge in [0.2, 0.25) is 0 Å². The summed E-state index contributed by atoms with van der Waals surface area (Å²) in [5, 5.41) is 14.1. The highest BCUT2D eigenvalue weighted by Gasteiger charge is 2.42. The molecular formula is C10H19N5. The van der Waals surface area contributed by atoms with E-state index in [1.807, 2.05) is 0 Å². The quantitative estimate of drug-likeness (QED) is 0.775. The van der Waals surface area contributed by atoms with Crippen LogP contribution < -0.4 is 5.73 Å². The SMILES string of the molecule is CC1(C)CC[C@](CN)(Cc2nn[nH]n2)C1. The van der Waals surface area contributed by atoms with Crippen LogP contribution in [-0.4, -0.2) is 27.2 Å². The van der Waals surface area contributed by atoms with E-state index < -0.39 is 0 Å². The van der Waals surface area contributed by atoms with Crippen molar-refractivity contribution in [3.05, 3.63) is 5.82 Å². The van der Waals surface area contributed by atoms with Crippen LogP contribution in [0.5, 0.6) is 0 Å². The van der Waals surface area contributed by atoms with Gasteiger partial charge in [0.15, 0.2) is 5.82 Å². The van der Waals surface area contributed by atoms with Crippen molar-refractivity contribution >= 4 is 0 Å². The predicted molar refractivity (Wildman–Crippen MR) is 57.0 cm³/mol. The zero-order valence-electron chi connectivity index (χ0n) is 9.45. The first kappa shape index (κ1) is 10.5. The molecule has 1 aliphatic carbocycles. The molecule has 1 atom stereocenters. The molecule has 2 rings (SSSR count). The first-order chi connectivity index (χ1) is 7.05. The van der Waals surface area contributed by atoms with E-state index in [0.29, 0.717) is 12.0 Å². The Hall–Kier alpha value is -0.970. The standard InChI is InChI=1S/C10H19N5/c1-9(2)3-4-10(6-9,7-11)5-8-12-14-15-13-8/h3-7,11H2,1-2H3,(H,12,13,14,15)/t10-/m0/s1. The van der Waals surface area contributed by atoms with Gasteiger partial charge >= 0.3 is 0 Å². The summed E-state index contributed by atoms with van der Waals surface area (Å²) in [7, 11) is 0. The van der Waals surface area contributed by atoms with Gasteiger partial charge in [-0.2, -0.15) is 5.21 Å². The van der Waals surface area contributed by atoms with E-state index in [2.05, 4.69) is 34.5 Å². The second-order valence-electron chi connectivity index (χ2n) is 5.55. The van der Waals surface area contributed by atoms with Crippen LogP contribution in [0.1, 0.15) is 38.9 Å². The van der Waals surface area contributed by atoms with Gasteiger partial charge in [0.1, 0.15) is 0 Å². The molecule has 15 heavy (non-hydrogen) atoms. The monoisotopic (exact) mass is 209 g/mol. The van der Waals surface area contributed by atoms with Gasteiger partial charge in [-0.25, -0.2) is 0 Å². The topological polar surface area (TPSA) is 80.5 Å². The average Bonchev–Trinajstić information content (AvgIpc) is 2.75. The molecule has 0 unspecified atom stereocenters. The highest BCUT2D eigenvalue weighted by molar-refractivity contribution is 4.99. The summed E-state index contributed by atoms with van der Waals surface area (Å²) >= 11 is 0. The fourth-order valence-electron chi connectivity index (χ4n) is 2.79. The highest BCUT2D eigenvalue weighted by atomic mass is 15.5. The van der Waals surface area contributed by atoms with Gasteiger partial charge < -0.3 is 5.73 Å². The van der Waals surface area contributed by atoms with E-state index in [1.54, 1.807) is 0 Å². The van der Waals surface area contributed by atoms with E-state index in [-0.39, 0.29) is 5.41 Å². The van der Waals surface area contributed by atoms with Gasteiger partial charge in [-0.1, -0.05) is 19.1 Å². The molecule has 1 aromatic heterocycles. The molecule has 0 amide bonds. The molecule has 0 spiro atoms. The van der Waals surface area contributed by atoms with Gasteiger partial charge in [-0.3, -0.25) is 0 Å². The first-order valence-corrected chi connectivity index (χ1v) is 5.48. The number of aromatic amines is 1. The highest BCUT2D eigenvalue weighted by Crippen LogP contribution is 2.49. The molecule has 1 aliphatic rings. The van der Waals surface area contributed by atoms with Gasteiger partial charge in [0.05, 0.1) is 0 Å². The third-order valence-electron chi connectivity index (χ3n) is 3.54. The van der Waals surface area contributed by atoms with Crippen molar-refractivity contribution in [3.8, 4) is 0 Å². The van der Waals surface area contributed by atoms with Crippen molar-refractivity contribution in [1.29, 1.82) is 0 Å². The molecule has 5 heteroatoms. The number of H-pyrrole nitrogens is 1. The molecule has 1 fully saturated rings. The second kappa shape index (κ2) is 3.56. The number of tetrazole rings is 1. The van der Waals surface area contributed by atoms with Crippen molar-refractivity contribution in [1.82, 2.24) is 20.6 Å². The molecule has 3 N–H and O–H groups in total. The smallest absolute Gasteiger partial charge is 0.175 e. The van der Waals surface area contributed by atoms with Crippen LogP contribution >= 0.6 is 0 Å². The van der Waals surface area contributed by atoms with Crippen LogP contribution in [0.25, 0.3) is 0 Å². The zero-order valence-corrected chi connectivity index (χ0v) is 9.45. The zero-order chi connectivity index (χ0) is 10.9. The lowest BCUT2D eigenvalue weighted by atomic mass is 9.79. The van der Waals surface area contributed by atoms with Crippen LogP contribution in [0.3, 0.4) is 0 Å². The molecule has 0 bridgehead atoms. The second-order valence-corrected chi connectivity index (χ2v) is 5.55. The normalized spacial score (nSPS) is 29.5. The summed E-state index contributed by atoms with van der Waals surface area (Å²) in [5.41, 5.74) is 6.51. The Balaban J connectivity index is 2.10. The van der Waals surface area contributed by atoms with Gasteiger partial charge in [-0.15, -0.1) is 10.2 Å². The maximum absolute atomic E-state index is 5.92. The minimum Gasteiger partial charge on any atom is -0.330 e. The molecule has 5 nitrogen and oxygen atoms in total. The molecule has 0 radical (unpaired) electrons. The number of rotatable bonds is 3. The fourth-order valence-corrected chi connectivity index (χ4v) is 2.79. The maximum atomic E-state index is 5.92. The number of hydrogen-bond acceptors (Lipinski definition) is 4. The largest absolute Gasteiger partial charge is 0.330 e. The summed E-state index contributed by atoms with van der Waals surface area (Å²) in [6.45, 7) is 5.33. The summed E-state index contributed by atoms with van der Waals surface area (Å²) in [6, 6.07) is 0. The minimum absolute atomic E-state index is 0.188. The third kappa shape index (κ3) is 2.17. The van der Waals surface area contributed by atoms with Crippen LogP contribution in [0.15, 0.2) is 0 Å². The van der Waals surface area contributed by atoms with Crippen LogP contribution in [0.2, 0.25) is 0 Å². The Kier molecular flexibility index (Phi) is 2.50. The minimum atomic E-state index is 0.188. The molecule has 84 valence electrons. The number of hydrogen-bond donors (Lipinski definition) is 2. The molecular weight excluding hydrogens is 190 g/mol. The number of nitrogens with one attached hydrogen (secondary N) is 1. The Bertz CT molecular complexity index is 319. The van der Waals surface area contributed by atoms with Crippen molar-refractivity contribution in [2.24, 2.45) is 16.6 Å². The molecule has 1 aromatic rings. The molecule has 0 saturated heterocycles. The van der Waals surface area contributed by atoms with E-state index in [9.17, 15) is 0 Å². The average molecular weight is 209 g/mol. The van der Waals surface area contributed by atoms with Crippen LogP contribution in [-0.2, 0) is 6.42 Å². The number of nitrogens with zero attached hydrogens (tertiary/aromatic N) is 3. The van der Waals surface area contributed by atoms with Crippen LogP contribution in [0, 0.1) is 10.8 Å². The van der Waals surface area contributed by atoms with E-state index in [4.69, 9.17) is 5.73 Å². The van der Waals surface area contributed by atoms with Crippen molar-refractivity contribution < 1.29 is 0 Å². The van der Waals surface area contributed by atoms with Crippen LogP contribution in [0.4, 0.5) is 0 Å². The lowest BCUT2D eigenvalue weighted by molar-refractivity contribution is 0.255. The van der Waals surface area contributed by atoms with Gasteiger partial charge in [0.25, 0.3) is 0 Å². The van der Waals surface area contributed by atoms with Crippen molar-refractivity contribution in [3.63, 3.8) is 0 Å².